The molecule has 1 heterocycles. The SMILES string of the molecule is C=CCN1C=CC(C)C([C](=[W])OC)=C1[Si](C)(C)C.[C-]#[O+].[C-]#[O+].[C-]#[O+].[C-]#[O+].[C-]#[O+]. The van der Waals surface area contributed by atoms with E-state index in [1.165, 1.54) is 30.2 Å². The Morgan fingerprint density at radius 2 is 1.50 bits per heavy atom. The minimum atomic E-state index is -1.42. The molecular formula is C19H23NO6SiW. The normalized spacial score (nSPS) is 13.4. The molecule has 9 heteroatoms. The van der Waals surface area contributed by atoms with E-state index in [2.05, 4.69) is 83.6 Å². The Hall–Kier alpha value is -1.54. The van der Waals surface area contributed by atoms with Gasteiger partial charge >= 0.3 is 180 Å². The van der Waals surface area contributed by atoms with Gasteiger partial charge in [0, 0.05) is 0 Å². The zero-order valence-corrected chi connectivity index (χ0v) is 20.5. The zero-order valence-electron chi connectivity index (χ0n) is 16.5. The second-order valence-electron chi connectivity index (χ2n) is 5.58. The van der Waals surface area contributed by atoms with Crippen LogP contribution in [-0.4, -0.2) is 30.7 Å². The van der Waals surface area contributed by atoms with Crippen LogP contribution in [0.2, 0.25) is 19.6 Å². The third-order valence-corrected chi connectivity index (χ3v) is 6.36. The molecule has 1 rings (SSSR count). The summed E-state index contributed by atoms with van der Waals surface area (Å²) < 4.78 is 44.2. The van der Waals surface area contributed by atoms with Crippen LogP contribution in [0.5, 0.6) is 0 Å². The molecule has 0 saturated heterocycles. The summed E-state index contributed by atoms with van der Waals surface area (Å²) in [6, 6.07) is 0. The van der Waals surface area contributed by atoms with Crippen LogP contribution in [0.15, 0.2) is 35.8 Å². The molecule has 0 aliphatic carbocycles. The van der Waals surface area contributed by atoms with Crippen molar-refractivity contribution >= 4 is 12.2 Å². The Bertz CT molecular complexity index is 574. The summed E-state index contributed by atoms with van der Waals surface area (Å²) >= 11 is 1.40. The van der Waals surface area contributed by atoms with Gasteiger partial charge in [-0.2, -0.15) is 0 Å². The number of methoxy groups -OCH3 is 1. The van der Waals surface area contributed by atoms with Gasteiger partial charge in [0.1, 0.15) is 0 Å². The standard InChI is InChI=1S/C14H23NOSi.5CO.W/c1-7-9-15-10-8-12(2)13(11-16-3)14(15)17(4,5)6;5*1-2;/h7-8,10,12H,1,9H2,2-6H3;;;;;;. The van der Waals surface area contributed by atoms with E-state index in [1.807, 2.05) is 6.08 Å². The van der Waals surface area contributed by atoms with Gasteiger partial charge in [0.15, 0.2) is 0 Å². The van der Waals surface area contributed by atoms with Crippen molar-refractivity contribution in [1.29, 1.82) is 0 Å². The summed E-state index contributed by atoms with van der Waals surface area (Å²) in [4.78, 5) is 2.34. The van der Waals surface area contributed by atoms with Crippen molar-refractivity contribution in [3.63, 3.8) is 0 Å². The van der Waals surface area contributed by atoms with E-state index in [0.29, 0.717) is 5.92 Å². The molecule has 0 spiro atoms. The Kier molecular flexibility index (Phi) is 33.9. The predicted octanol–water partition coefficient (Wildman–Crippen LogP) is 2.90. The molecule has 0 aromatic rings. The fraction of sp³-hybridized carbons (Fsp3) is 0.368. The molecule has 0 aromatic heterocycles. The fourth-order valence-corrected chi connectivity index (χ4v) is 5.84. The van der Waals surface area contributed by atoms with E-state index in [-0.39, 0.29) is 0 Å². The molecular weight excluding hydrogens is 550 g/mol. The third-order valence-electron chi connectivity index (χ3n) is 2.99. The molecule has 1 aliphatic heterocycles. The van der Waals surface area contributed by atoms with E-state index in [1.54, 1.807) is 7.11 Å². The number of hydrogen-bond donors (Lipinski definition) is 0. The maximum absolute atomic E-state index is 7.50. The van der Waals surface area contributed by atoms with Crippen molar-refractivity contribution in [2.75, 3.05) is 13.7 Å². The first-order valence-electron chi connectivity index (χ1n) is 7.23. The third kappa shape index (κ3) is 14.5. The van der Waals surface area contributed by atoms with Gasteiger partial charge in [-0.1, -0.05) is 0 Å². The average molecular weight is 573 g/mol. The number of ether oxygens (including phenoxy) is 1. The van der Waals surface area contributed by atoms with Gasteiger partial charge in [0.25, 0.3) is 0 Å². The fourth-order valence-electron chi connectivity index (χ4n) is 2.29. The quantitative estimate of drug-likeness (QED) is 0.218. The van der Waals surface area contributed by atoms with Crippen LogP contribution in [0, 0.1) is 39.2 Å². The van der Waals surface area contributed by atoms with Crippen molar-refractivity contribution in [1.82, 2.24) is 4.90 Å². The van der Waals surface area contributed by atoms with E-state index < -0.39 is 8.07 Å². The molecule has 150 valence electrons. The molecule has 7 nitrogen and oxygen atoms in total. The molecule has 0 amide bonds. The van der Waals surface area contributed by atoms with Crippen molar-refractivity contribution in [3.05, 3.63) is 69.1 Å². The van der Waals surface area contributed by atoms with E-state index in [4.69, 9.17) is 28.0 Å². The Morgan fingerprint density at radius 3 is 1.79 bits per heavy atom. The zero-order chi connectivity index (χ0) is 23.9. The molecule has 28 heavy (non-hydrogen) atoms. The molecule has 0 bridgehead atoms. The molecule has 1 aliphatic rings. The molecule has 0 fully saturated rings. The summed E-state index contributed by atoms with van der Waals surface area (Å²) in [5.74, 6) is 0.445. The van der Waals surface area contributed by atoms with Gasteiger partial charge in [0.2, 0.25) is 0 Å². The van der Waals surface area contributed by atoms with Crippen molar-refractivity contribution in [3.8, 4) is 0 Å². The first kappa shape index (κ1) is 37.2. The number of nitrogens with zero attached hydrogens (tertiary/aromatic N) is 1. The van der Waals surface area contributed by atoms with Crippen LogP contribution in [0.25, 0.3) is 0 Å². The summed E-state index contributed by atoms with van der Waals surface area (Å²) in [7, 11) is 0.356. The van der Waals surface area contributed by atoms with E-state index in [0.717, 1.165) is 10.6 Å². The predicted molar refractivity (Wildman–Crippen MR) is 97.2 cm³/mol. The van der Waals surface area contributed by atoms with Crippen LogP contribution < -0.4 is 0 Å². The first-order valence-corrected chi connectivity index (χ1v) is 12.2. The van der Waals surface area contributed by atoms with Gasteiger partial charge < -0.3 is 0 Å². The van der Waals surface area contributed by atoms with E-state index >= 15 is 0 Å². The Balaban J connectivity index is -0.000000153. The second kappa shape index (κ2) is 25.5. The topological polar surface area (TPSA) is 112 Å². The minimum absolute atomic E-state index is 0.445. The Labute approximate surface area is 179 Å². The van der Waals surface area contributed by atoms with Gasteiger partial charge in [0.05, 0.1) is 0 Å². The van der Waals surface area contributed by atoms with Crippen LogP contribution >= 0.6 is 0 Å². The monoisotopic (exact) mass is 573 g/mol. The molecule has 1 atom stereocenters. The summed E-state index contributed by atoms with van der Waals surface area (Å²) in [5, 5.41) is 1.49. The second-order valence-corrected chi connectivity index (χ2v) is 11.9. The summed E-state index contributed by atoms with van der Waals surface area (Å²) in [6.45, 7) is 36.7. The van der Waals surface area contributed by atoms with Gasteiger partial charge in [-0.25, -0.2) is 0 Å². The van der Waals surface area contributed by atoms with Crippen LogP contribution in [0.3, 0.4) is 0 Å². The van der Waals surface area contributed by atoms with Crippen LogP contribution in [0.4, 0.5) is 0 Å². The van der Waals surface area contributed by atoms with E-state index in [9.17, 15) is 0 Å². The molecule has 0 radical (unpaired) electrons. The number of hydrogen-bond acceptors (Lipinski definition) is 2. The molecule has 1 unspecified atom stereocenters. The van der Waals surface area contributed by atoms with Crippen molar-refractivity contribution in [2.24, 2.45) is 5.92 Å². The molecule has 0 saturated carbocycles. The Morgan fingerprint density at radius 1 is 1.11 bits per heavy atom. The number of rotatable bonds is 5. The maximum atomic E-state index is 7.50. The molecule has 0 aromatic carbocycles. The first-order chi connectivity index (χ1) is 13.3. The van der Waals surface area contributed by atoms with Gasteiger partial charge in [-0.3, -0.25) is 0 Å². The number of allylic oxidation sites excluding steroid dienone is 1. The van der Waals surface area contributed by atoms with Crippen molar-refractivity contribution in [2.45, 2.75) is 26.6 Å². The average Bonchev–Trinajstić information content (AvgIpc) is 2.75. The summed E-state index contributed by atoms with van der Waals surface area (Å²) in [5.41, 5.74) is 1.40. The van der Waals surface area contributed by atoms with Crippen molar-refractivity contribution < 1.29 is 47.4 Å². The van der Waals surface area contributed by atoms with Crippen LogP contribution in [-0.2, 0) is 47.4 Å². The van der Waals surface area contributed by atoms with Gasteiger partial charge in [-0.15, -0.1) is 0 Å². The van der Waals surface area contributed by atoms with Gasteiger partial charge in [-0.05, 0) is 0 Å². The molecule has 0 N–H and O–H groups in total. The summed E-state index contributed by atoms with van der Waals surface area (Å²) in [6.07, 6.45) is 6.43. The van der Waals surface area contributed by atoms with Crippen LogP contribution in [0.1, 0.15) is 6.92 Å².